The van der Waals surface area contributed by atoms with Gasteiger partial charge in [-0.05, 0) is 42.5 Å². The maximum absolute atomic E-state index is 13.1. The Labute approximate surface area is 169 Å². The van der Waals surface area contributed by atoms with Gasteiger partial charge in [-0.3, -0.25) is 4.79 Å². The van der Waals surface area contributed by atoms with Crippen LogP contribution in [0.25, 0.3) is 0 Å². The number of nitrogens with zero attached hydrogens (tertiary/aromatic N) is 1. The third-order valence-electron chi connectivity index (χ3n) is 5.43. The molecule has 3 rings (SSSR count). The number of ether oxygens (including phenoxy) is 1. The van der Waals surface area contributed by atoms with E-state index in [1.165, 1.54) is 5.56 Å². The molecular formula is C23H26F3NO2. The van der Waals surface area contributed by atoms with Crippen molar-refractivity contribution < 1.29 is 22.7 Å². The van der Waals surface area contributed by atoms with Crippen molar-refractivity contribution in [3.63, 3.8) is 0 Å². The molecule has 1 aliphatic heterocycles. The summed E-state index contributed by atoms with van der Waals surface area (Å²) in [5, 5.41) is 0. The lowest BCUT2D eigenvalue weighted by Gasteiger charge is -2.32. The minimum absolute atomic E-state index is 0.0235. The molecule has 0 N–H and O–H groups in total. The summed E-state index contributed by atoms with van der Waals surface area (Å²) in [6.45, 7) is 1.46. The zero-order chi connectivity index (χ0) is 20.9. The van der Waals surface area contributed by atoms with Gasteiger partial charge in [0, 0.05) is 24.1 Å². The zero-order valence-corrected chi connectivity index (χ0v) is 16.5. The SMILES string of the molecule is CC[C@@H](c1ccccc1)[C@H]1CCCN1C(=O)c1ccc(COCC(F)(F)F)cc1. The van der Waals surface area contributed by atoms with Gasteiger partial charge < -0.3 is 9.64 Å². The van der Waals surface area contributed by atoms with Gasteiger partial charge >= 0.3 is 6.18 Å². The molecule has 1 amide bonds. The van der Waals surface area contributed by atoms with Crippen LogP contribution in [0.2, 0.25) is 0 Å². The van der Waals surface area contributed by atoms with E-state index in [2.05, 4.69) is 23.8 Å². The van der Waals surface area contributed by atoms with Crippen molar-refractivity contribution in [3.05, 3.63) is 71.3 Å². The van der Waals surface area contributed by atoms with Gasteiger partial charge in [-0.2, -0.15) is 13.2 Å². The van der Waals surface area contributed by atoms with E-state index in [0.29, 0.717) is 11.1 Å². The molecule has 0 aromatic heterocycles. The van der Waals surface area contributed by atoms with Crippen molar-refractivity contribution in [2.75, 3.05) is 13.2 Å². The van der Waals surface area contributed by atoms with Crippen molar-refractivity contribution in [1.82, 2.24) is 4.90 Å². The first-order chi connectivity index (χ1) is 13.9. The van der Waals surface area contributed by atoms with Crippen LogP contribution in [0.1, 0.15) is 53.6 Å². The number of carbonyl (C=O) groups is 1. The van der Waals surface area contributed by atoms with E-state index >= 15 is 0 Å². The average molecular weight is 405 g/mol. The number of likely N-dealkylation sites (tertiary alicyclic amines) is 1. The first-order valence-electron chi connectivity index (χ1n) is 9.98. The van der Waals surface area contributed by atoms with Gasteiger partial charge in [0.05, 0.1) is 6.61 Å². The van der Waals surface area contributed by atoms with Crippen molar-refractivity contribution >= 4 is 5.91 Å². The Morgan fingerprint density at radius 3 is 2.45 bits per heavy atom. The van der Waals surface area contributed by atoms with Gasteiger partial charge in [0.15, 0.2) is 0 Å². The quantitative estimate of drug-likeness (QED) is 0.603. The van der Waals surface area contributed by atoms with Gasteiger partial charge in [-0.25, -0.2) is 0 Å². The molecule has 0 saturated carbocycles. The molecule has 156 valence electrons. The van der Waals surface area contributed by atoms with Gasteiger partial charge in [-0.15, -0.1) is 0 Å². The zero-order valence-electron chi connectivity index (χ0n) is 16.5. The molecule has 1 heterocycles. The predicted molar refractivity (Wildman–Crippen MR) is 106 cm³/mol. The minimum atomic E-state index is -4.34. The number of benzene rings is 2. The van der Waals surface area contributed by atoms with E-state index in [4.69, 9.17) is 0 Å². The van der Waals surface area contributed by atoms with Crippen LogP contribution in [-0.2, 0) is 11.3 Å². The second-order valence-electron chi connectivity index (χ2n) is 7.44. The van der Waals surface area contributed by atoms with Crippen LogP contribution < -0.4 is 0 Å². The summed E-state index contributed by atoms with van der Waals surface area (Å²) >= 11 is 0. The Balaban J connectivity index is 1.67. The fraction of sp³-hybridized carbons (Fsp3) is 0.435. The molecule has 0 radical (unpaired) electrons. The molecule has 1 aliphatic rings. The molecule has 0 unspecified atom stereocenters. The van der Waals surface area contributed by atoms with E-state index < -0.39 is 12.8 Å². The smallest absolute Gasteiger partial charge is 0.367 e. The average Bonchev–Trinajstić information content (AvgIpc) is 3.18. The molecule has 1 saturated heterocycles. The summed E-state index contributed by atoms with van der Waals surface area (Å²) in [6.07, 6.45) is -1.44. The molecule has 0 aliphatic carbocycles. The first-order valence-corrected chi connectivity index (χ1v) is 9.98. The summed E-state index contributed by atoms with van der Waals surface area (Å²) in [7, 11) is 0. The normalized spacial score (nSPS) is 18.1. The minimum Gasteiger partial charge on any atom is -0.367 e. The maximum Gasteiger partial charge on any atom is 0.411 e. The largest absolute Gasteiger partial charge is 0.411 e. The summed E-state index contributed by atoms with van der Waals surface area (Å²) < 4.78 is 41.2. The lowest BCUT2D eigenvalue weighted by molar-refractivity contribution is -0.176. The molecule has 2 aromatic rings. The third kappa shape index (κ3) is 5.60. The van der Waals surface area contributed by atoms with Crippen molar-refractivity contribution in [3.8, 4) is 0 Å². The van der Waals surface area contributed by atoms with Gasteiger partial charge in [0.2, 0.25) is 0 Å². The highest BCUT2D eigenvalue weighted by atomic mass is 19.4. The fourth-order valence-corrected chi connectivity index (χ4v) is 4.09. The van der Waals surface area contributed by atoms with E-state index in [0.717, 1.165) is 25.8 Å². The van der Waals surface area contributed by atoms with Gasteiger partial charge in [-0.1, -0.05) is 49.4 Å². The van der Waals surface area contributed by atoms with E-state index in [1.54, 1.807) is 24.3 Å². The highest BCUT2D eigenvalue weighted by Crippen LogP contribution is 2.34. The molecule has 29 heavy (non-hydrogen) atoms. The molecule has 0 bridgehead atoms. The molecular weight excluding hydrogens is 379 g/mol. The molecule has 2 atom stereocenters. The van der Waals surface area contributed by atoms with E-state index in [1.807, 2.05) is 23.1 Å². The predicted octanol–water partition coefficient (Wildman–Crippen LogP) is 5.56. The van der Waals surface area contributed by atoms with Gasteiger partial charge in [0.1, 0.15) is 6.61 Å². The van der Waals surface area contributed by atoms with Crippen LogP contribution in [0.5, 0.6) is 0 Å². The van der Waals surface area contributed by atoms with Crippen molar-refractivity contribution in [2.45, 2.75) is 50.9 Å². The second-order valence-corrected chi connectivity index (χ2v) is 7.44. The van der Waals surface area contributed by atoms with Crippen LogP contribution >= 0.6 is 0 Å². The number of rotatable bonds is 7. The highest BCUT2D eigenvalue weighted by molar-refractivity contribution is 5.94. The summed E-state index contributed by atoms with van der Waals surface area (Å²) in [4.78, 5) is 15.1. The van der Waals surface area contributed by atoms with Crippen LogP contribution in [0, 0.1) is 0 Å². The second kappa shape index (κ2) is 9.44. The lowest BCUT2D eigenvalue weighted by atomic mass is 9.87. The fourth-order valence-electron chi connectivity index (χ4n) is 4.09. The Bertz CT molecular complexity index is 790. The molecule has 6 heteroatoms. The Kier molecular flexibility index (Phi) is 6.96. The molecule has 1 fully saturated rings. The third-order valence-corrected chi connectivity index (χ3v) is 5.43. The monoisotopic (exact) mass is 405 g/mol. The Hall–Kier alpha value is -2.34. The molecule has 3 nitrogen and oxygen atoms in total. The van der Waals surface area contributed by atoms with Gasteiger partial charge in [0.25, 0.3) is 5.91 Å². The summed E-state index contributed by atoms with van der Waals surface area (Å²) in [5.74, 6) is 0.266. The maximum atomic E-state index is 13.1. The topological polar surface area (TPSA) is 29.5 Å². The Morgan fingerprint density at radius 2 is 1.83 bits per heavy atom. The lowest BCUT2D eigenvalue weighted by Crippen LogP contribution is -2.39. The Morgan fingerprint density at radius 1 is 1.14 bits per heavy atom. The number of amides is 1. The van der Waals surface area contributed by atoms with Crippen LogP contribution in [0.4, 0.5) is 13.2 Å². The number of hydrogen-bond donors (Lipinski definition) is 0. The summed E-state index contributed by atoms with van der Waals surface area (Å²) in [5.41, 5.74) is 2.41. The van der Waals surface area contributed by atoms with E-state index in [-0.39, 0.29) is 24.5 Å². The standard InChI is InChI=1S/C23H26F3NO2/c1-2-20(18-7-4-3-5-8-18)21-9-6-14-27(21)22(28)19-12-10-17(11-13-19)15-29-16-23(24,25)26/h3-5,7-8,10-13,20-21H,2,6,9,14-16H2,1H3/t20-,21+/m0/s1. The van der Waals surface area contributed by atoms with Crippen molar-refractivity contribution in [2.24, 2.45) is 0 Å². The molecule has 0 spiro atoms. The number of halogens is 3. The molecule has 2 aromatic carbocycles. The van der Waals surface area contributed by atoms with Crippen LogP contribution in [-0.4, -0.2) is 36.2 Å². The number of hydrogen-bond acceptors (Lipinski definition) is 2. The number of alkyl halides is 3. The van der Waals surface area contributed by atoms with Crippen LogP contribution in [0.3, 0.4) is 0 Å². The van der Waals surface area contributed by atoms with E-state index in [9.17, 15) is 18.0 Å². The summed E-state index contributed by atoms with van der Waals surface area (Å²) in [6, 6.07) is 17.1. The van der Waals surface area contributed by atoms with Crippen molar-refractivity contribution in [1.29, 1.82) is 0 Å². The highest BCUT2D eigenvalue weighted by Gasteiger charge is 2.35. The number of carbonyl (C=O) groups excluding carboxylic acids is 1. The first kappa shape index (κ1) is 21.4. The van der Waals surface area contributed by atoms with Crippen LogP contribution in [0.15, 0.2) is 54.6 Å².